The van der Waals surface area contributed by atoms with Crippen molar-refractivity contribution < 1.29 is 18.0 Å². The molecule has 1 unspecified atom stereocenters. The number of rotatable bonds is 6. The molecule has 0 aliphatic carbocycles. The monoisotopic (exact) mass is 443 g/mol. The van der Waals surface area contributed by atoms with Gasteiger partial charge >= 0.3 is 6.18 Å². The second-order valence-electron chi connectivity index (χ2n) is 7.44. The summed E-state index contributed by atoms with van der Waals surface area (Å²) in [6.07, 6.45) is -5.17. The first-order valence-electron chi connectivity index (χ1n) is 9.11. The highest BCUT2D eigenvalue weighted by molar-refractivity contribution is 6.34. The summed E-state index contributed by atoms with van der Waals surface area (Å²) in [7, 11) is 0. The molecule has 0 radical (unpaired) electrons. The maximum atomic E-state index is 14.0. The van der Waals surface area contributed by atoms with Crippen LogP contribution in [0.5, 0.6) is 0 Å². The van der Waals surface area contributed by atoms with E-state index in [4.69, 9.17) is 28.0 Å². The highest BCUT2D eigenvalue weighted by atomic mass is 35.5. The van der Waals surface area contributed by atoms with Gasteiger partial charge in [0.15, 0.2) is 0 Å². The smallest absolute Gasteiger partial charge is 0.435 e. The van der Waals surface area contributed by atoms with E-state index < -0.39 is 18.2 Å². The number of alkyl halides is 3. The molecule has 8 heteroatoms. The van der Waals surface area contributed by atoms with E-state index in [-0.39, 0.29) is 21.3 Å². The van der Waals surface area contributed by atoms with Crippen LogP contribution < -0.4 is 0 Å². The summed E-state index contributed by atoms with van der Waals surface area (Å²) in [4.78, 5) is 5.02. The van der Waals surface area contributed by atoms with Crippen molar-refractivity contribution in [2.75, 3.05) is 6.54 Å². The molecule has 156 valence electrons. The van der Waals surface area contributed by atoms with Gasteiger partial charge in [-0.25, -0.2) is 0 Å². The number of halogens is 5. The van der Waals surface area contributed by atoms with Gasteiger partial charge < -0.3 is 10.2 Å². The van der Waals surface area contributed by atoms with Crippen molar-refractivity contribution in [2.45, 2.75) is 38.6 Å². The Hall–Kier alpha value is -1.76. The van der Waals surface area contributed by atoms with E-state index in [1.165, 1.54) is 18.2 Å². The van der Waals surface area contributed by atoms with Crippen LogP contribution in [0.2, 0.25) is 10.0 Å². The summed E-state index contributed by atoms with van der Waals surface area (Å²) in [6, 6.07) is 10.9. The van der Waals surface area contributed by atoms with Crippen molar-refractivity contribution >= 4 is 28.9 Å². The minimum absolute atomic E-state index is 0.0997. The maximum absolute atomic E-state index is 14.0. The van der Waals surface area contributed by atoms with Gasteiger partial charge in [0.25, 0.3) is 5.60 Å². The van der Waals surface area contributed by atoms with E-state index in [0.29, 0.717) is 18.0 Å². The molecule has 0 amide bonds. The Kier molecular flexibility index (Phi) is 6.46. The zero-order valence-corrected chi connectivity index (χ0v) is 17.4. The lowest BCUT2D eigenvalue weighted by molar-refractivity contribution is -0.275. The molecular weight excluding hydrogens is 424 g/mol. The second-order valence-corrected chi connectivity index (χ2v) is 8.32. The molecule has 1 heterocycles. The molecule has 1 aliphatic rings. The quantitative estimate of drug-likeness (QED) is 0.468. The Morgan fingerprint density at radius 2 is 1.72 bits per heavy atom. The fourth-order valence-electron chi connectivity index (χ4n) is 3.10. The van der Waals surface area contributed by atoms with Gasteiger partial charge in [-0.1, -0.05) is 78.0 Å². The minimum atomic E-state index is -4.71. The predicted octanol–water partition coefficient (Wildman–Crippen LogP) is 7.11. The van der Waals surface area contributed by atoms with Gasteiger partial charge in [0.05, 0.1) is 5.71 Å². The van der Waals surface area contributed by atoms with Crippen molar-refractivity contribution in [3.63, 3.8) is 0 Å². The Balaban J connectivity index is 1.81. The summed E-state index contributed by atoms with van der Waals surface area (Å²) in [5.41, 5.74) is -1.04. The van der Waals surface area contributed by atoms with Crippen LogP contribution in [0.25, 0.3) is 5.32 Å². The largest absolute Gasteiger partial charge is 0.658 e. The summed E-state index contributed by atoms with van der Waals surface area (Å²) in [5, 5.41) is 8.41. The topological polar surface area (TPSA) is 35.7 Å². The van der Waals surface area contributed by atoms with Gasteiger partial charge in [-0.05, 0) is 23.8 Å². The molecule has 2 aromatic rings. The normalized spacial score (nSPS) is 19.4. The lowest BCUT2D eigenvalue weighted by atomic mass is 9.86. The van der Waals surface area contributed by atoms with Crippen LogP contribution in [0.4, 0.5) is 13.2 Å². The lowest BCUT2D eigenvalue weighted by Gasteiger charge is -2.29. The molecule has 3 rings (SSSR count). The van der Waals surface area contributed by atoms with Crippen LogP contribution in [0.1, 0.15) is 37.0 Å². The lowest BCUT2D eigenvalue weighted by Crippen LogP contribution is -2.42. The van der Waals surface area contributed by atoms with Gasteiger partial charge in [0, 0.05) is 22.0 Å². The average Bonchev–Trinajstić information content (AvgIpc) is 3.08. The molecule has 0 N–H and O–H groups in total. The summed E-state index contributed by atoms with van der Waals surface area (Å²) >= 11 is 11.8. The van der Waals surface area contributed by atoms with Gasteiger partial charge in [-0.15, -0.1) is 13.1 Å². The standard InChI is InChI=1S/C21H20Cl2F3N2O/c1-13(2)11-27-12-14-3-5-15(6-4-14)19-10-20(29-28-19,21(24,25)26)16-7-17(22)9-18(23)8-16/h3-9,13H,10-12H2,1-2H3/q-1. The molecule has 0 bridgehead atoms. The van der Waals surface area contributed by atoms with Gasteiger partial charge in [-0.3, -0.25) is 0 Å². The van der Waals surface area contributed by atoms with Crippen molar-refractivity contribution in [1.82, 2.24) is 0 Å². The fraction of sp³-hybridized carbons (Fsp3) is 0.381. The summed E-state index contributed by atoms with van der Waals surface area (Å²) < 4.78 is 42.1. The Morgan fingerprint density at radius 3 is 2.28 bits per heavy atom. The van der Waals surface area contributed by atoms with Gasteiger partial charge in [-0.2, -0.15) is 13.2 Å². The average molecular weight is 444 g/mol. The number of hydrogen-bond donors (Lipinski definition) is 0. The molecule has 0 saturated carbocycles. The van der Waals surface area contributed by atoms with Crippen LogP contribution in [0, 0.1) is 5.92 Å². The van der Waals surface area contributed by atoms with Crippen molar-refractivity contribution in [1.29, 1.82) is 0 Å². The predicted molar refractivity (Wildman–Crippen MR) is 110 cm³/mol. The van der Waals surface area contributed by atoms with E-state index >= 15 is 0 Å². The first kappa shape index (κ1) is 21.9. The van der Waals surface area contributed by atoms with Crippen LogP contribution >= 0.6 is 23.2 Å². The molecular formula is C21H20Cl2F3N2O-. The molecule has 29 heavy (non-hydrogen) atoms. The highest BCUT2D eigenvalue weighted by Gasteiger charge is 2.62. The Labute approximate surface area is 177 Å². The first-order chi connectivity index (χ1) is 13.6. The summed E-state index contributed by atoms with van der Waals surface area (Å²) in [6.45, 7) is 5.50. The van der Waals surface area contributed by atoms with Gasteiger partial charge in [0.1, 0.15) is 0 Å². The van der Waals surface area contributed by atoms with Crippen molar-refractivity contribution in [3.8, 4) is 0 Å². The Bertz CT molecular complexity index is 878. The number of hydrogen-bond acceptors (Lipinski definition) is 2. The number of benzene rings is 2. The molecule has 0 spiro atoms. The van der Waals surface area contributed by atoms with Crippen LogP contribution in [-0.2, 0) is 17.0 Å². The molecule has 2 aromatic carbocycles. The van der Waals surface area contributed by atoms with E-state index in [1.54, 1.807) is 12.1 Å². The third kappa shape index (κ3) is 4.87. The van der Waals surface area contributed by atoms with E-state index in [2.05, 4.69) is 24.3 Å². The third-order valence-corrected chi connectivity index (χ3v) is 5.03. The number of nitrogens with zero attached hydrogens (tertiary/aromatic N) is 2. The SMILES string of the molecule is CC(C)C[N-]Cc1ccc(C2=NOC(c3cc(Cl)cc(Cl)c3)(C(F)(F)F)C2)cc1. The zero-order chi connectivity index (χ0) is 21.2. The maximum Gasteiger partial charge on any atom is 0.435 e. The first-order valence-corrected chi connectivity index (χ1v) is 9.87. The fourth-order valence-corrected chi connectivity index (χ4v) is 3.63. The van der Waals surface area contributed by atoms with Crippen LogP contribution in [0.3, 0.4) is 0 Å². The molecule has 1 atom stereocenters. The van der Waals surface area contributed by atoms with Crippen LogP contribution in [0.15, 0.2) is 47.6 Å². The molecule has 0 fully saturated rings. The van der Waals surface area contributed by atoms with Gasteiger partial charge in [0.2, 0.25) is 0 Å². The molecule has 0 saturated heterocycles. The van der Waals surface area contributed by atoms with E-state index in [1.807, 2.05) is 12.1 Å². The highest BCUT2D eigenvalue weighted by Crippen LogP contribution is 2.49. The van der Waals surface area contributed by atoms with Crippen molar-refractivity contribution in [2.24, 2.45) is 11.1 Å². The van der Waals surface area contributed by atoms with Crippen molar-refractivity contribution in [3.05, 3.63) is 74.5 Å². The molecule has 1 aliphatic heterocycles. The number of oxime groups is 1. The van der Waals surface area contributed by atoms with Crippen LogP contribution in [-0.4, -0.2) is 18.4 Å². The van der Waals surface area contributed by atoms with E-state index in [9.17, 15) is 13.2 Å². The third-order valence-electron chi connectivity index (χ3n) is 4.59. The molecule has 3 nitrogen and oxygen atoms in total. The summed E-state index contributed by atoms with van der Waals surface area (Å²) in [5.74, 6) is 0.481. The Morgan fingerprint density at radius 1 is 1.10 bits per heavy atom. The molecule has 0 aromatic heterocycles. The minimum Gasteiger partial charge on any atom is -0.658 e. The second kappa shape index (κ2) is 8.54. The van der Waals surface area contributed by atoms with E-state index in [0.717, 1.165) is 12.1 Å². The zero-order valence-electron chi connectivity index (χ0n) is 15.9.